The molecule has 0 aliphatic rings. The number of furan rings is 1. The fourth-order valence-electron chi connectivity index (χ4n) is 1.79. The molecule has 1 amide bonds. The highest BCUT2D eigenvalue weighted by Crippen LogP contribution is 2.11. The second-order valence-corrected chi connectivity index (χ2v) is 5.74. The van der Waals surface area contributed by atoms with Gasteiger partial charge in [-0.1, -0.05) is 6.92 Å². The maximum atomic E-state index is 11.8. The lowest BCUT2D eigenvalue weighted by Gasteiger charge is -2.25. The Hall–Kier alpha value is -1.98. The monoisotopic (exact) mass is 308 g/mol. The molecule has 0 aromatic carbocycles. The molecule has 0 fully saturated rings. The first-order valence-corrected chi connectivity index (χ1v) is 7.60. The van der Waals surface area contributed by atoms with E-state index in [0.29, 0.717) is 12.6 Å². The van der Waals surface area contributed by atoms with E-state index in [-0.39, 0.29) is 12.5 Å². The summed E-state index contributed by atoms with van der Waals surface area (Å²) in [6.07, 6.45) is 2.67. The first kappa shape index (κ1) is 18.1. The Labute approximate surface area is 133 Å². The fraction of sp³-hybridized carbons (Fsp3) is 0.625. The van der Waals surface area contributed by atoms with Crippen LogP contribution in [-0.2, 0) is 11.3 Å². The van der Waals surface area contributed by atoms with Crippen molar-refractivity contribution in [3.05, 3.63) is 23.7 Å². The molecule has 0 aliphatic carbocycles. The Morgan fingerprint density at radius 2 is 2.09 bits per heavy atom. The number of hydrogen-bond acceptors (Lipinski definition) is 3. The molecule has 6 heteroatoms. The molecule has 1 heterocycles. The summed E-state index contributed by atoms with van der Waals surface area (Å²) in [5, 5.41) is 3.37. The predicted molar refractivity (Wildman–Crippen MR) is 88.8 cm³/mol. The van der Waals surface area contributed by atoms with Gasteiger partial charge in [-0.3, -0.25) is 4.79 Å². The van der Waals surface area contributed by atoms with Crippen molar-refractivity contribution >= 4 is 11.9 Å². The summed E-state index contributed by atoms with van der Waals surface area (Å²) >= 11 is 0. The van der Waals surface area contributed by atoms with E-state index >= 15 is 0 Å². The van der Waals surface area contributed by atoms with E-state index in [1.165, 1.54) is 0 Å². The van der Waals surface area contributed by atoms with Gasteiger partial charge in [0.2, 0.25) is 5.91 Å². The highest BCUT2D eigenvalue weighted by molar-refractivity contribution is 5.84. The molecule has 0 spiro atoms. The van der Waals surface area contributed by atoms with Crippen molar-refractivity contribution < 1.29 is 9.21 Å². The molecule has 0 bridgehead atoms. The van der Waals surface area contributed by atoms with E-state index in [9.17, 15) is 4.79 Å². The first-order chi connectivity index (χ1) is 10.3. The van der Waals surface area contributed by atoms with Crippen LogP contribution in [0.3, 0.4) is 0 Å². The van der Waals surface area contributed by atoms with Crippen molar-refractivity contribution in [2.24, 2.45) is 4.99 Å². The molecule has 0 saturated carbocycles. The molecule has 0 radical (unpaired) electrons. The van der Waals surface area contributed by atoms with Crippen LogP contribution in [0.5, 0.6) is 0 Å². The average Bonchev–Trinajstić information content (AvgIpc) is 2.87. The number of carbonyl (C=O) groups is 1. The number of nitrogens with one attached hydrogen (secondary N) is 1. The van der Waals surface area contributed by atoms with Gasteiger partial charge >= 0.3 is 0 Å². The Morgan fingerprint density at radius 1 is 1.41 bits per heavy atom. The van der Waals surface area contributed by atoms with E-state index in [2.05, 4.69) is 24.2 Å². The molecule has 1 atom stereocenters. The van der Waals surface area contributed by atoms with Crippen LogP contribution in [0.1, 0.15) is 31.6 Å². The van der Waals surface area contributed by atoms with Crippen LogP contribution in [0.4, 0.5) is 0 Å². The SMILES string of the molecule is CCC(C)NC(=NCC(=O)N(C)C)N(C)Cc1ccoc1C. The van der Waals surface area contributed by atoms with Gasteiger partial charge in [-0.25, -0.2) is 4.99 Å². The first-order valence-electron chi connectivity index (χ1n) is 7.60. The lowest BCUT2D eigenvalue weighted by Crippen LogP contribution is -2.43. The molecular weight excluding hydrogens is 280 g/mol. The van der Waals surface area contributed by atoms with E-state index < -0.39 is 0 Å². The Kier molecular flexibility index (Phi) is 6.95. The smallest absolute Gasteiger partial charge is 0.243 e. The van der Waals surface area contributed by atoms with E-state index in [0.717, 1.165) is 23.7 Å². The Balaban J connectivity index is 2.81. The molecule has 1 N–H and O–H groups in total. The molecule has 1 rings (SSSR count). The third-order valence-electron chi connectivity index (χ3n) is 3.59. The van der Waals surface area contributed by atoms with Gasteiger partial charge in [0.05, 0.1) is 6.26 Å². The summed E-state index contributed by atoms with van der Waals surface area (Å²) in [5.74, 6) is 1.61. The molecule has 0 saturated heterocycles. The number of nitrogens with zero attached hydrogens (tertiary/aromatic N) is 3. The zero-order valence-electron chi connectivity index (χ0n) is 14.5. The van der Waals surface area contributed by atoms with Gasteiger partial charge in [-0.05, 0) is 26.3 Å². The Bertz CT molecular complexity index is 508. The summed E-state index contributed by atoms with van der Waals surface area (Å²) in [6.45, 7) is 6.97. The highest BCUT2D eigenvalue weighted by Gasteiger charge is 2.13. The quantitative estimate of drug-likeness (QED) is 0.643. The van der Waals surface area contributed by atoms with Gasteiger partial charge in [-0.2, -0.15) is 0 Å². The number of likely N-dealkylation sites (N-methyl/N-ethyl adjacent to an activating group) is 1. The maximum Gasteiger partial charge on any atom is 0.243 e. The molecule has 1 unspecified atom stereocenters. The number of hydrogen-bond donors (Lipinski definition) is 1. The van der Waals surface area contributed by atoms with Crippen molar-refractivity contribution in [3.63, 3.8) is 0 Å². The van der Waals surface area contributed by atoms with Crippen molar-refractivity contribution in [1.82, 2.24) is 15.1 Å². The molecule has 6 nitrogen and oxygen atoms in total. The van der Waals surface area contributed by atoms with Crippen LogP contribution in [0.15, 0.2) is 21.7 Å². The lowest BCUT2D eigenvalue weighted by atomic mass is 10.2. The summed E-state index contributed by atoms with van der Waals surface area (Å²) in [4.78, 5) is 19.8. The molecule has 0 aliphatic heterocycles. The molecule has 1 aromatic heterocycles. The minimum Gasteiger partial charge on any atom is -0.469 e. The van der Waals surface area contributed by atoms with Crippen molar-refractivity contribution in [1.29, 1.82) is 0 Å². The molecular formula is C16H28N4O2. The van der Waals surface area contributed by atoms with Crippen LogP contribution in [0.25, 0.3) is 0 Å². The lowest BCUT2D eigenvalue weighted by molar-refractivity contribution is -0.127. The number of aryl methyl sites for hydroxylation is 1. The zero-order valence-corrected chi connectivity index (χ0v) is 14.5. The maximum absolute atomic E-state index is 11.8. The van der Waals surface area contributed by atoms with E-state index in [1.54, 1.807) is 25.3 Å². The van der Waals surface area contributed by atoms with E-state index in [4.69, 9.17) is 4.42 Å². The van der Waals surface area contributed by atoms with Gasteiger partial charge in [0.25, 0.3) is 0 Å². The van der Waals surface area contributed by atoms with Crippen LogP contribution in [-0.4, -0.2) is 55.4 Å². The highest BCUT2D eigenvalue weighted by atomic mass is 16.3. The largest absolute Gasteiger partial charge is 0.469 e. The van der Waals surface area contributed by atoms with Crippen LogP contribution >= 0.6 is 0 Å². The standard InChI is InChI=1S/C16H28N4O2/c1-7-12(2)18-16(17-10-15(21)19(4)5)20(6)11-14-8-9-22-13(14)3/h8-9,12H,7,10-11H2,1-6H3,(H,17,18). The van der Waals surface area contributed by atoms with Crippen LogP contribution in [0.2, 0.25) is 0 Å². The van der Waals surface area contributed by atoms with Crippen molar-refractivity contribution in [2.75, 3.05) is 27.7 Å². The third kappa shape index (κ3) is 5.42. The number of rotatable bonds is 6. The fourth-order valence-corrected chi connectivity index (χ4v) is 1.79. The minimum absolute atomic E-state index is 0.0173. The summed E-state index contributed by atoms with van der Waals surface area (Å²) in [5.41, 5.74) is 1.11. The van der Waals surface area contributed by atoms with Gasteiger partial charge in [0.15, 0.2) is 5.96 Å². The van der Waals surface area contributed by atoms with Gasteiger partial charge in [0, 0.05) is 39.3 Å². The van der Waals surface area contributed by atoms with Gasteiger partial charge < -0.3 is 19.5 Å². The number of aliphatic imine (C=N–C) groups is 1. The number of carbonyl (C=O) groups excluding carboxylic acids is 1. The second kappa shape index (κ2) is 8.46. The normalized spacial score (nSPS) is 12.9. The topological polar surface area (TPSA) is 61.1 Å². The molecule has 1 aromatic rings. The Morgan fingerprint density at radius 3 is 2.59 bits per heavy atom. The summed E-state index contributed by atoms with van der Waals surface area (Å²) < 4.78 is 5.33. The predicted octanol–water partition coefficient (Wildman–Crippen LogP) is 1.85. The van der Waals surface area contributed by atoms with Crippen LogP contribution in [0, 0.1) is 6.92 Å². The van der Waals surface area contributed by atoms with Crippen molar-refractivity contribution in [2.45, 2.75) is 39.8 Å². The van der Waals surface area contributed by atoms with Gasteiger partial charge in [-0.15, -0.1) is 0 Å². The summed E-state index contributed by atoms with van der Waals surface area (Å²) in [6, 6.07) is 2.25. The van der Waals surface area contributed by atoms with Crippen LogP contribution < -0.4 is 5.32 Å². The van der Waals surface area contributed by atoms with Crippen molar-refractivity contribution in [3.8, 4) is 0 Å². The zero-order chi connectivity index (χ0) is 16.7. The third-order valence-corrected chi connectivity index (χ3v) is 3.59. The van der Waals surface area contributed by atoms with Gasteiger partial charge in [0.1, 0.15) is 12.3 Å². The number of amides is 1. The second-order valence-electron chi connectivity index (χ2n) is 5.74. The summed E-state index contributed by atoms with van der Waals surface area (Å²) in [7, 11) is 5.43. The average molecular weight is 308 g/mol. The number of guanidine groups is 1. The minimum atomic E-state index is -0.0173. The molecule has 22 heavy (non-hydrogen) atoms. The molecule has 124 valence electrons. The van der Waals surface area contributed by atoms with E-state index in [1.807, 2.05) is 24.9 Å².